The molecule has 1 saturated heterocycles. The molecular formula is C14H27ClN2O. The Bertz CT molecular complexity index is 292. The van der Waals surface area contributed by atoms with E-state index in [-0.39, 0.29) is 11.9 Å². The number of nitrogens with two attached hydrogens (primary N) is 1. The number of nitrogens with zero attached hydrogens (tertiary/aromatic N) is 1. The molecule has 3 nitrogen and oxygen atoms in total. The van der Waals surface area contributed by atoms with Gasteiger partial charge < -0.3 is 10.6 Å². The number of carbonyl (C=O) groups is 1. The molecule has 18 heavy (non-hydrogen) atoms. The standard InChI is InChI=1S/C14H27ClN2O/c1-10(2)7-11-5-6-17(8-12(11)16)13(18)14(3,4)9-15/h10-12H,5-9,16H2,1-4H3. The van der Waals surface area contributed by atoms with E-state index < -0.39 is 5.41 Å². The van der Waals surface area contributed by atoms with Crippen LogP contribution in [-0.2, 0) is 4.79 Å². The van der Waals surface area contributed by atoms with Crippen molar-refractivity contribution in [1.29, 1.82) is 0 Å². The van der Waals surface area contributed by atoms with E-state index in [1.807, 2.05) is 18.7 Å². The Morgan fingerprint density at radius 2 is 2.11 bits per heavy atom. The van der Waals surface area contributed by atoms with Gasteiger partial charge in [0.25, 0.3) is 0 Å². The highest BCUT2D eigenvalue weighted by Gasteiger charge is 2.35. The zero-order valence-electron chi connectivity index (χ0n) is 12.1. The molecule has 1 heterocycles. The van der Waals surface area contributed by atoms with Crippen LogP contribution in [0.15, 0.2) is 0 Å². The first-order chi connectivity index (χ1) is 8.27. The topological polar surface area (TPSA) is 46.3 Å². The van der Waals surface area contributed by atoms with Crippen LogP contribution in [-0.4, -0.2) is 35.8 Å². The van der Waals surface area contributed by atoms with E-state index in [2.05, 4.69) is 13.8 Å². The van der Waals surface area contributed by atoms with Crippen LogP contribution < -0.4 is 5.73 Å². The zero-order valence-corrected chi connectivity index (χ0v) is 12.8. The molecule has 1 fully saturated rings. The first-order valence-electron chi connectivity index (χ1n) is 6.89. The molecule has 2 N–H and O–H groups in total. The average molecular weight is 275 g/mol. The number of hydrogen-bond acceptors (Lipinski definition) is 2. The van der Waals surface area contributed by atoms with Crippen LogP contribution in [0, 0.1) is 17.3 Å². The molecule has 0 radical (unpaired) electrons. The number of rotatable bonds is 4. The van der Waals surface area contributed by atoms with Crippen molar-refractivity contribution in [3.63, 3.8) is 0 Å². The Kier molecular flexibility index (Phi) is 5.47. The number of alkyl halides is 1. The highest BCUT2D eigenvalue weighted by molar-refractivity contribution is 6.19. The Labute approximate surface area is 116 Å². The van der Waals surface area contributed by atoms with Crippen molar-refractivity contribution >= 4 is 17.5 Å². The Hall–Kier alpha value is -0.280. The van der Waals surface area contributed by atoms with Crippen molar-refractivity contribution in [3.8, 4) is 0 Å². The van der Waals surface area contributed by atoms with Crippen molar-refractivity contribution in [2.45, 2.75) is 46.6 Å². The van der Waals surface area contributed by atoms with Gasteiger partial charge in [0, 0.05) is 25.0 Å². The Morgan fingerprint density at radius 1 is 1.50 bits per heavy atom. The maximum Gasteiger partial charge on any atom is 0.229 e. The third kappa shape index (κ3) is 3.86. The van der Waals surface area contributed by atoms with Gasteiger partial charge >= 0.3 is 0 Å². The lowest BCUT2D eigenvalue weighted by Gasteiger charge is -2.40. The molecule has 0 aromatic heterocycles. The van der Waals surface area contributed by atoms with E-state index >= 15 is 0 Å². The second kappa shape index (κ2) is 6.25. The van der Waals surface area contributed by atoms with E-state index in [1.54, 1.807) is 0 Å². The number of carbonyl (C=O) groups excluding carboxylic acids is 1. The van der Waals surface area contributed by atoms with Crippen molar-refractivity contribution in [2.24, 2.45) is 23.0 Å². The summed E-state index contributed by atoms with van der Waals surface area (Å²) in [5.74, 6) is 1.71. The fourth-order valence-corrected chi connectivity index (χ4v) is 2.71. The highest BCUT2D eigenvalue weighted by atomic mass is 35.5. The van der Waals surface area contributed by atoms with Crippen LogP contribution in [0.25, 0.3) is 0 Å². The first-order valence-corrected chi connectivity index (χ1v) is 7.42. The van der Waals surface area contributed by atoms with E-state index in [4.69, 9.17) is 17.3 Å². The fourth-order valence-electron chi connectivity index (χ4n) is 2.60. The van der Waals surface area contributed by atoms with Gasteiger partial charge in [-0.2, -0.15) is 0 Å². The molecule has 1 aliphatic heterocycles. The van der Waals surface area contributed by atoms with Gasteiger partial charge in [-0.1, -0.05) is 13.8 Å². The first kappa shape index (κ1) is 15.8. The van der Waals surface area contributed by atoms with Crippen LogP contribution >= 0.6 is 11.6 Å². The molecular weight excluding hydrogens is 248 g/mol. The molecule has 0 aromatic carbocycles. The molecule has 0 spiro atoms. The summed E-state index contributed by atoms with van der Waals surface area (Å²) in [6, 6.07) is 0.108. The minimum absolute atomic E-state index is 0.108. The van der Waals surface area contributed by atoms with Gasteiger partial charge in [-0.15, -0.1) is 11.6 Å². The third-order valence-corrected chi connectivity index (χ3v) is 4.45. The van der Waals surface area contributed by atoms with Crippen LogP contribution in [0.2, 0.25) is 0 Å². The molecule has 106 valence electrons. The van der Waals surface area contributed by atoms with Gasteiger partial charge in [-0.25, -0.2) is 0 Å². The monoisotopic (exact) mass is 274 g/mol. The predicted molar refractivity (Wildman–Crippen MR) is 76.6 cm³/mol. The summed E-state index contributed by atoms with van der Waals surface area (Å²) < 4.78 is 0. The average Bonchev–Trinajstić information content (AvgIpc) is 2.30. The summed E-state index contributed by atoms with van der Waals surface area (Å²) in [5, 5.41) is 0. The van der Waals surface area contributed by atoms with Crippen molar-refractivity contribution in [1.82, 2.24) is 4.90 Å². The number of piperidine rings is 1. The van der Waals surface area contributed by atoms with E-state index in [1.165, 1.54) is 0 Å². The van der Waals surface area contributed by atoms with Crippen molar-refractivity contribution < 1.29 is 4.79 Å². The van der Waals surface area contributed by atoms with Gasteiger partial charge in [0.1, 0.15) is 0 Å². The Balaban J connectivity index is 2.58. The molecule has 0 bridgehead atoms. The molecule has 2 unspecified atom stereocenters. The highest BCUT2D eigenvalue weighted by Crippen LogP contribution is 2.27. The lowest BCUT2D eigenvalue weighted by Crippen LogP contribution is -2.54. The number of halogens is 1. The lowest BCUT2D eigenvalue weighted by atomic mass is 9.84. The quantitative estimate of drug-likeness (QED) is 0.801. The van der Waals surface area contributed by atoms with Crippen molar-refractivity contribution in [3.05, 3.63) is 0 Å². The molecule has 2 atom stereocenters. The van der Waals surface area contributed by atoms with Gasteiger partial charge in [-0.05, 0) is 38.5 Å². The second-order valence-electron chi connectivity index (χ2n) is 6.61. The predicted octanol–water partition coefficient (Wildman–Crippen LogP) is 2.47. The molecule has 1 amide bonds. The van der Waals surface area contributed by atoms with Gasteiger partial charge in [-0.3, -0.25) is 4.79 Å². The van der Waals surface area contributed by atoms with Gasteiger partial charge in [0.15, 0.2) is 0 Å². The largest absolute Gasteiger partial charge is 0.341 e. The summed E-state index contributed by atoms with van der Waals surface area (Å²) in [4.78, 5) is 14.2. The number of amides is 1. The van der Waals surface area contributed by atoms with E-state index in [0.717, 1.165) is 19.4 Å². The summed E-state index contributed by atoms with van der Waals surface area (Å²) >= 11 is 5.86. The van der Waals surface area contributed by atoms with Gasteiger partial charge in [0.2, 0.25) is 5.91 Å². The molecule has 1 aliphatic rings. The maximum absolute atomic E-state index is 12.3. The number of hydrogen-bond donors (Lipinski definition) is 1. The van der Waals surface area contributed by atoms with Crippen LogP contribution in [0.5, 0.6) is 0 Å². The summed E-state index contributed by atoms with van der Waals surface area (Å²) in [7, 11) is 0. The third-order valence-electron chi connectivity index (χ3n) is 3.78. The van der Waals surface area contributed by atoms with Crippen molar-refractivity contribution in [2.75, 3.05) is 19.0 Å². The van der Waals surface area contributed by atoms with E-state index in [9.17, 15) is 4.79 Å². The number of likely N-dealkylation sites (tertiary alicyclic amines) is 1. The van der Waals surface area contributed by atoms with Crippen LogP contribution in [0.3, 0.4) is 0 Å². The summed E-state index contributed by atoms with van der Waals surface area (Å²) in [6.45, 7) is 9.74. The molecule has 0 aliphatic carbocycles. The summed E-state index contributed by atoms with van der Waals surface area (Å²) in [6.07, 6.45) is 2.17. The second-order valence-corrected chi connectivity index (χ2v) is 6.88. The molecule has 1 rings (SSSR count). The molecule has 4 heteroatoms. The molecule has 0 aromatic rings. The Morgan fingerprint density at radius 3 is 2.56 bits per heavy atom. The van der Waals surface area contributed by atoms with Crippen LogP contribution in [0.1, 0.15) is 40.5 Å². The normalized spacial score (nSPS) is 25.6. The maximum atomic E-state index is 12.3. The SMILES string of the molecule is CC(C)CC1CCN(C(=O)C(C)(C)CCl)CC1N. The van der Waals surface area contributed by atoms with Crippen LogP contribution in [0.4, 0.5) is 0 Å². The zero-order chi connectivity index (χ0) is 13.9. The minimum Gasteiger partial charge on any atom is -0.341 e. The smallest absolute Gasteiger partial charge is 0.229 e. The van der Waals surface area contributed by atoms with Gasteiger partial charge in [0.05, 0.1) is 5.41 Å². The molecule has 0 saturated carbocycles. The minimum atomic E-state index is -0.480. The lowest BCUT2D eigenvalue weighted by molar-refractivity contribution is -0.141. The fraction of sp³-hybridized carbons (Fsp3) is 0.929. The van der Waals surface area contributed by atoms with E-state index in [0.29, 0.717) is 24.3 Å². The summed E-state index contributed by atoms with van der Waals surface area (Å²) in [5.41, 5.74) is 5.73.